The van der Waals surface area contributed by atoms with E-state index in [0.29, 0.717) is 0 Å². The standard InChI is InChI=1S/C12H22BrN3O/c1-5-10-12(13)11(16(6-2)14-10)9-15(3)7-8-17-4/h5-9H2,1-4H3. The van der Waals surface area contributed by atoms with E-state index in [1.165, 1.54) is 5.69 Å². The van der Waals surface area contributed by atoms with Crippen molar-refractivity contribution in [3.63, 3.8) is 0 Å². The molecule has 0 aliphatic carbocycles. The Bertz CT molecular complexity index is 352. The molecule has 17 heavy (non-hydrogen) atoms. The van der Waals surface area contributed by atoms with Gasteiger partial charge in [-0.15, -0.1) is 0 Å². The van der Waals surface area contributed by atoms with E-state index in [1.54, 1.807) is 7.11 Å². The average molecular weight is 304 g/mol. The normalized spacial score (nSPS) is 11.4. The minimum absolute atomic E-state index is 0.759. The van der Waals surface area contributed by atoms with Crippen molar-refractivity contribution in [2.24, 2.45) is 0 Å². The van der Waals surface area contributed by atoms with Gasteiger partial charge in [-0.05, 0) is 36.3 Å². The van der Waals surface area contributed by atoms with Gasteiger partial charge in [0.05, 0.1) is 22.5 Å². The Morgan fingerprint density at radius 3 is 2.65 bits per heavy atom. The predicted octanol–water partition coefficient (Wildman–Crippen LogP) is 2.31. The lowest BCUT2D eigenvalue weighted by Crippen LogP contribution is -2.24. The minimum atomic E-state index is 0.759. The van der Waals surface area contributed by atoms with Gasteiger partial charge in [0.1, 0.15) is 0 Å². The summed E-state index contributed by atoms with van der Waals surface area (Å²) in [5.41, 5.74) is 2.39. The minimum Gasteiger partial charge on any atom is -0.383 e. The zero-order chi connectivity index (χ0) is 12.8. The summed E-state index contributed by atoms with van der Waals surface area (Å²) in [6.07, 6.45) is 0.961. The summed E-state index contributed by atoms with van der Waals surface area (Å²) in [5.74, 6) is 0. The fourth-order valence-corrected chi connectivity index (χ4v) is 2.44. The van der Waals surface area contributed by atoms with Crippen LogP contribution >= 0.6 is 15.9 Å². The summed E-state index contributed by atoms with van der Waals surface area (Å²) in [5, 5.41) is 4.59. The van der Waals surface area contributed by atoms with Crippen molar-refractivity contribution in [3.05, 3.63) is 15.9 Å². The molecule has 0 spiro atoms. The van der Waals surface area contributed by atoms with Crippen LogP contribution in [0.3, 0.4) is 0 Å². The van der Waals surface area contributed by atoms with Crippen molar-refractivity contribution in [1.29, 1.82) is 0 Å². The zero-order valence-corrected chi connectivity index (χ0v) is 12.7. The van der Waals surface area contributed by atoms with Crippen molar-refractivity contribution in [2.75, 3.05) is 27.3 Å². The molecular formula is C12H22BrN3O. The molecule has 1 aromatic heterocycles. The van der Waals surface area contributed by atoms with E-state index in [4.69, 9.17) is 4.74 Å². The molecule has 0 unspecified atom stereocenters. The van der Waals surface area contributed by atoms with Gasteiger partial charge >= 0.3 is 0 Å². The lowest BCUT2D eigenvalue weighted by atomic mass is 10.3. The van der Waals surface area contributed by atoms with Gasteiger partial charge in [0.25, 0.3) is 0 Å². The second-order valence-electron chi connectivity index (χ2n) is 4.11. The van der Waals surface area contributed by atoms with Crippen LogP contribution in [0.5, 0.6) is 0 Å². The van der Waals surface area contributed by atoms with E-state index in [1.807, 2.05) is 0 Å². The second-order valence-corrected chi connectivity index (χ2v) is 4.90. The molecule has 0 N–H and O–H groups in total. The Balaban J connectivity index is 2.78. The zero-order valence-electron chi connectivity index (χ0n) is 11.2. The van der Waals surface area contributed by atoms with Gasteiger partial charge in [-0.3, -0.25) is 9.58 Å². The van der Waals surface area contributed by atoms with E-state index < -0.39 is 0 Å². The Labute approximate surface area is 112 Å². The Hall–Kier alpha value is -0.390. The first-order valence-electron chi connectivity index (χ1n) is 6.05. The third-order valence-electron chi connectivity index (χ3n) is 2.79. The molecule has 1 heterocycles. The van der Waals surface area contributed by atoms with Crippen molar-refractivity contribution in [3.8, 4) is 0 Å². The molecule has 1 rings (SSSR count). The van der Waals surface area contributed by atoms with Crippen molar-refractivity contribution in [2.45, 2.75) is 33.4 Å². The molecular weight excluding hydrogens is 282 g/mol. The van der Waals surface area contributed by atoms with Gasteiger partial charge < -0.3 is 4.74 Å². The number of likely N-dealkylation sites (N-methyl/N-ethyl adjacent to an activating group) is 1. The Morgan fingerprint density at radius 2 is 2.12 bits per heavy atom. The van der Waals surface area contributed by atoms with Crippen molar-refractivity contribution < 1.29 is 4.74 Å². The van der Waals surface area contributed by atoms with E-state index in [-0.39, 0.29) is 0 Å². The number of hydrogen-bond donors (Lipinski definition) is 0. The fourth-order valence-electron chi connectivity index (χ4n) is 1.75. The van der Waals surface area contributed by atoms with Gasteiger partial charge in [-0.1, -0.05) is 6.92 Å². The van der Waals surface area contributed by atoms with Gasteiger partial charge in [-0.2, -0.15) is 5.10 Å². The lowest BCUT2D eigenvalue weighted by molar-refractivity contribution is 0.157. The summed E-state index contributed by atoms with van der Waals surface area (Å²) in [6.45, 7) is 7.74. The molecule has 98 valence electrons. The second kappa shape index (κ2) is 7.13. The number of nitrogens with zero attached hydrogens (tertiary/aromatic N) is 3. The third kappa shape index (κ3) is 3.79. The van der Waals surface area contributed by atoms with Crippen LogP contribution in [0.15, 0.2) is 4.47 Å². The van der Waals surface area contributed by atoms with Crippen LogP contribution in [-0.2, 0) is 24.2 Å². The van der Waals surface area contributed by atoms with Crippen LogP contribution in [0.1, 0.15) is 25.2 Å². The van der Waals surface area contributed by atoms with Crippen molar-refractivity contribution in [1.82, 2.24) is 14.7 Å². The predicted molar refractivity (Wildman–Crippen MR) is 73.2 cm³/mol. The highest BCUT2D eigenvalue weighted by Crippen LogP contribution is 2.23. The average Bonchev–Trinajstić information content (AvgIpc) is 2.63. The molecule has 1 aromatic rings. The van der Waals surface area contributed by atoms with Crippen LogP contribution in [0, 0.1) is 0 Å². The first kappa shape index (κ1) is 14.7. The van der Waals surface area contributed by atoms with E-state index >= 15 is 0 Å². The first-order chi connectivity index (χ1) is 8.13. The largest absolute Gasteiger partial charge is 0.383 e. The summed E-state index contributed by atoms with van der Waals surface area (Å²) in [4.78, 5) is 2.25. The number of aryl methyl sites for hydroxylation is 2. The maximum atomic E-state index is 5.09. The number of methoxy groups -OCH3 is 1. The molecule has 0 aliphatic heterocycles. The fraction of sp³-hybridized carbons (Fsp3) is 0.750. The van der Waals surface area contributed by atoms with Gasteiger partial charge in [0.2, 0.25) is 0 Å². The molecule has 0 bridgehead atoms. The van der Waals surface area contributed by atoms with E-state index in [0.717, 1.165) is 42.8 Å². The number of rotatable bonds is 7. The highest BCUT2D eigenvalue weighted by molar-refractivity contribution is 9.10. The van der Waals surface area contributed by atoms with Gasteiger partial charge in [0, 0.05) is 26.7 Å². The molecule has 4 nitrogen and oxygen atoms in total. The van der Waals surface area contributed by atoms with Gasteiger partial charge in [-0.25, -0.2) is 0 Å². The molecule has 0 saturated carbocycles. The number of ether oxygens (including phenoxy) is 1. The Morgan fingerprint density at radius 1 is 1.41 bits per heavy atom. The Kier molecular flexibility index (Phi) is 6.16. The molecule has 0 aromatic carbocycles. The molecule has 0 atom stereocenters. The molecule has 5 heteroatoms. The monoisotopic (exact) mass is 303 g/mol. The van der Waals surface area contributed by atoms with Crippen LogP contribution in [0.25, 0.3) is 0 Å². The van der Waals surface area contributed by atoms with Crippen LogP contribution < -0.4 is 0 Å². The molecule has 0 radical (unpaired) electrons. The number of halogens is 1. The van der Waals surface area contributed by atoms with E-state index in [2.05, 4.69) is 51.5 Å². The summed E-state index contributed by atoms with van der Waals surface area (Å²) < 4.78 is 8.32. The highest BCUT2D eigenvalue weighted by Gasteiger charge is 2.15. The molecule has 0 saturated heterocycles. The maximum Gasteiger partial charge on any atom is 0.0767 e. The smallest absolute Gasteiger partial charge is 0.0767 e. The quantitative estimate of drug-likeness (QED) is 0.774. The topological polar surface area (TPSA) is 30.3 Å². The highest BCUT2D eigenvalue weighted by atomic mass is 79.9. The first-order valence-corrected chi connectivity index (χ1v) is 6.84. The molecule has 0 amide bonds. The van der Waals surface area contributed by atoms with Crippen LogP contribution in [-0.4, -0.2) is 42.0 Å². The molecule has 0 fully saturated rings. The van der Waals surface area contributed by atoms with Crippen LogP contribution in [0.4, 0.5) is 0 Å². The van der Waals surface area contributed by atoms with Gasteiger partial charge in [0.15, 0.2) is 0 Å². The number of hydrogen-bond acceptors (Lipinski definition) is 3. The summed E-state index contributed by atoms with van der Waals surface area (Å²) >= 11 is 3.66. The SMILES string of the molecule is CCc1nn(CC)c(CN(C)CCOC)c1Br. The lowest BCUT2D eigenvalue weighted by Gasteiger charge is -2.17. The third-order valence-corrected chi connectivity index (χ3v) is 3.71. The molecule has 0 aliphatic rings. The van der Waals surface area contributed by atoms with Crippen molar-refractivity contribution >= 4 is 15.9 Å². The van der Waals surface area contributed by atoms with E-state index in [9.17, 15) is 0 Å². The number of aromatic nitrogens is 2. The maximum absolute atomic E-state index is 5.09. The summed E-state index contributed by atoms with van der Waals surface area (Å²) in [7, 11) is 3.83. The summed E-state index contributed by atoms with van der Waals surface area (Å²) in [6, 6.07) is 0. The van der Waals surface area contributed by atoms with Crippen LogP contribution in [0.2, 0.25) is 0 Å².